The van der Waals surface area contributed by atoms with Gasteiger partial charge in [0.05, 0.1) is 0 Å². The van der Waals surface area contributed by atoms with Crippen LogP contribution in [0.3, 0.4) is 0 Å². The molecule has 0 amide bonds. The van der Waals surface area contributed by atoms with Crippen LogP contribution < -0.4 is 0 Å². The minimum Gasteiger partial charge on any atom is -0.313 e. The molecule has 1 nitrogen and oxygen atoms in total. The molecular formula is C36H37N. The van der Waals surface area contributed by atoms with Crippen LogP contribution in [-0.2, 0) is 6.42 Å². The molecule has 0 aromatic heterocycles. The van der Waals surface area contributed by atoms with Crippen LogP contribution in [0.25, 0.3) is 45.0 Å². The second kappa shape index (κ2) is 12.3. The number of nitrogens with one attached hydrogen (secondary N) is 1. The van der Waals surface area contributed by atoms with Gasteiger partial charge in [-0.3, -0.25) is 0 Å². The van der Waals surface area contributed by atoms with Crippen molar-refractivity contribution in [3.05, 3.63) is 119 Å². The van der Waals surface area contributed by atoms with Crippen molar-refractivity contribution in [1.82, 2.24) is 0 Å². The van der Waals surface area contributed by atoms with E-state index in [1.165, 1.54) is 73.8 Å². The summed E-state index contributed by atoms with van der Waals surface area (Å²) in [4.78, 5) is 0. The summed E-state index contributed by atoms with van der Waals surface area (Å²) >= 11 is 0. The van der Waals surface area contributed by atoms with Crippen LogP contribution in [0.5, 0.6) is 0 Å². The monoisotopic (exact) mass is 483 g/mol. The van der Waals surface area contributed by atoms with E-state index >= 15 is 0 Å². The summed E-state index contributed by atoms with van der Waals surface area (Å²) in [5.41, 5.74) is 14.8. The Morgan fingerprint density at radius 1 is 0.730 bits per heavy atom. The molecule has 0 aliphatic heterocycles. The summed E-state index contributed by atoms with van der Waals surface area (Å²) in [6.45, 7) is 7.90. The van der Waals surface area contributed by atoms with Crippen molar-refractivity contribution in [1.29, 1.82) is 5.41 Å². The standard InChI is InChI=1S/C32H26.C2H5N.C2H6/c1-2-8-22-15-17-23(18-16-22)24-9-7-10-25(21-24)26-19-20-31-28-12-4-3-11-27(28)30-14-6-5-13-29(26)32(30)31;1-2-3;1-2/h3-5,7,9-21H,2,6,8H2,1H3;2-3H,1H3;1-2H3. The fourth-order valence-electron chi connectivity index (χ4n) is 5.25. The van der Waals surface area contributed by atoms with Crippen LogP contribution in [0.2, 0.25) is 0 Å². The van der Waals surface area contributed by atoms with Crippen molar-refractivity contribution in [2.75, 3.05) is 0 Å². The lowest BCUT2D eigenvalue weighted by molar-refractivity contribution is 0.922. The molecule has 1 N–H and O–H groups in total. The van der Waals surface area contributed by atoms with Crippen LogP contribution in [0, 0.1) is 5.41 Å². The van der Waals surface area contributed by atoms with Gasteiger partial charge in [0.1, 0.15) is 0 Å². The fourth-order valence-corrected chi connectivity index (χ4v) is 5.25. The minimum atomic E-state index is 0.974. The first-order valence-electron chi connectivity index (χ1n) is 13.5. The molecule has 4 aromatic carbocycles. The largest absolute Gasteiger partial charge is 0.313 e. The van der Waals surface area contributed by atoms with Crippen molar-refractivity contribution in [2.45, 2.75) is 47.0 Å². The van der Waals surface area contributed by atoms with Crippen molar-refractivity contribution in [3.8, 4) is 33.4 Å². The van der Waals surface area contributed by atoms with E-state index in [4.69, 9.17) is 5.41 Å². The van der Waals surface area contributed by atoms with Gasteiger partial charge in [-0.1, -0.05) is 124 Å². The van der Waals surface area contributed by atoms with E-state index in [9.17, 15) is 0 Å². The van der Waals surface area contributed by atoms with Gasteiger partial charge < -0.3 is 5.41 Å². The van der Waals surface area contributed by atoms with Gasteiger partial charge >= 0.3 is 0 Å². The Labute approximate surface area is 222 Å². The molecule has 0 radical (unpaired) electrons. The first-order valence-corrected chi connectivity index (χ1v) is 13.5. The fraction of sp³-hybridized carbons (Fsp3) is 0.194. The number of benzene rings is 4. The lowest BCUT2D eigenvalue weighted by Gasteiger charge is -2.14. The molecule has 2 aliphatic rings. The highest BCUT2D eigenvalue weighted by Gasteiger charge is 2.27. The lowest BCUT2D eigenvalue weighted by Crippen LogP contribution is -1.91. The molecule has 0 heterocycles. The third-order valence-electron chi connectivity index (χ3n) is 6.76. The maximum Gasteiger partial charge on any atom is -0.00233 e. The van der Waals surface area contributed by atoms with Crippen molar-refractivity contribution >= 4 is 17.9 Å². The molecule has 1 heteroatoms. The highest BCUT2D eigenvalue weighted by molar-refractivity contribution is 6.06. The number of rotatable bonds is 4. The Hall–Kier alpha value is -3.97. The summed E-state index contributed by atoms with van der Waals surface area (Å²) < 4.78 is 0. The van der Waals surface area contributed by atoms with Crippen molar-refractivity contribution in [2.24, 2.45) is 0 Å². The van der Waals surface area contributed by atoms with Crippen LogP contribution in [0.15, 0.2) is 97.1 Å². The van der Waals surface area contributed by atoms with Gasteiger partial charge in [0.2, 0.25) is 0 Å². The smallest absolute Gasteiger partial charge is 0.00233 e. The quantitative estimate of drug-likeness (QED) is 0.246. The van der Waals surface area contributed by atoms with Crippen molar-refractivity contribution in [3.63, 3.8) is 0 Å². The predicted octanol–water partition coefficient (Wildman–Crippen LogP) is 10.5. The van der Waals surface area contributed by atoms with Gasteiger partial charge in [0.15, 0.2) is 0 Å². The van der Waals surface area contributed by atoms with Gasteiger partial charge in [0.25, 0.3) is 0 Å². The third-order valence-corrected chi connectivity index (χ3v) is 6.76. The Morgan fingerprint density at radius 2 is 1.41 bits per heavy atom. The molecule has 0 unspecified atom stereocenters. The Bertz CT molecular complexity index is 1430. The molecule has 37 heavy (non-hydrogen) atoms. The summed E-state index contributed by atoms with van der Waals surface area (Å²) in [7, 11) is 0. The molecule has 0 saturated carbocycles. The number of allylic oxidation sites excluding steroid dienone is 2. The summed E-state index contributed by atoms with van der Waals surface area (Å²) in [6.07, 6.45) is 11.6. The van der Waals surface area contributed by atoms with Gasteiger partial charge in [-0.05, 0) is 93.3 Å². The number of hydrogen-bond acceptors (Lipinski definition) is 1. The van der Waals surface area contributed by atoms with Gasteiger partial charge in [0, 0.05) is 0 Å². The molecule has 2 aliphatic carbocycles. The lowest BCUT2D eigenvalue weighted by atomic mass is 9.89. The molecule has 0 bridgehead atoms. The van der Waals surface area contributed by atoms with Gasteiger partial charge in [-0.2, -0.15) is 0 Å². The Kier molecular flexibility index (Phi) is 8.69. The van der Waals surface area contributed by atoms with Crippen molar-refractivity contribution < 1.29 is 0 Å². The number of fused-ring (bicyclic) bond motifs is 3. The van der Waals surface area contributed by atoms with E-state index in [-0.39, 0.29) is 0 Å². The topological polar surface area (TPSA) is 23.9 Å². The SMILES string of the molecule is CC.CC=N.CCCc1ccc(-c2cccc(-c3ccc4c5c3C=CCC=C5c3ccccc3-4)c2)cc1. The Morgan fingerprint density at radius 3 is 2.14 bits per heavy atom. The molecule has 0 atom stereocenters. The molecule has 4 aromatic rings. The summed E-state index contributed by atoms with van der Waals surface area (Å²) in [5.74, 6) is 0. The number of aryl methyl sites for hydroxylation is 1. The third kappa shape index (κ3) is 5.27. The average molecular weight is 484 g/mol. The first kappa shape index (κ1) is 26.1. The summed E-state index contributed by atoms with van der Waals surface area (Å²) in [5, 5.41) is 6.08. The van der Waals surface area contributed by atoms with E-state index in [0.29, 0.717) is 0 Å². The maximum absolute atomic E-state index is 6.08. The van der Waals surface area contributed by atoms with Gasteiger partial charge in [-0.15, -0.1) is 0 Å². The maximum atomic E-state index is 6.08. The minimum absolute atomic E-state index is 0.974. The molecule has 0 fully saturated rings. The first-order chi connectivity index (χ1) is 18.2. The van der Waals surface area contributed by atoms with E-state index in [0.717, 1.165) is 12.8 Å². The Balaban J connectivity index is 0.000000599. The zero-order valence-electron chi connectivity index (χ0n) is 22.5. The molecular weight excluding hydrogens is 446 g/mol. The molecule has 0 spiro atoms. The highest BCUT2D eigenvalue weighted by Crippen LogP contribution is 2.49. The van der Waals surface area contributed by atoms with Crippen LogP contribution in [-0.4, -0.2) is 6.21 Å². The van der Waals surface area contributed by atoms with Crippen LogP contribution in [0.4, 0.5) is 0 Å². The van der Waals surface area contributed by atoms with E-state index < -0.39 is 0 Å². The average Bonchev–Trinajstić information content (AvgIpc) is 3.10. The highest BCUT2D eigenvalue weighted by atomic mass is 14.3. The normalized spacial score (nSPS) is 12.1. The van der Waals surface area contributed by atoms with Crippen LogP contribution in [0.1, 0.15) is 62.8 Å². The molecule has 0 saturated heterocycles. The summed E-state index contributed by atoms with van der Waals surface area (Å²) in [6, 6.07) is 31.5. The zero-order valence-corrected chi connectivity index (χ0v) is 22.5. The van der Waals surface area contributed by atoms with Crippen LogP contribution >= 0.6 is 0 Å². The second-order valence-corrected chi connectivity index (χ2v) is 9.07. The van der Waals surface area contributed by atoms with E-state index in [2.05, 4.69) is 110 Å². The molecule has 6 rings (SSSR count). The van der Waals surface area contributed by atoms with E-state index in [1.807, 2.05) is 13.8 Å². The zero-order chi connectivity index (χ0) is 26.2. The number of hydrogen-bond donors (Lipinski definition) is 1. The second-order valence-electron chi connectivity index (χ2n) is 9.07. The van der Waals surface area contributed by atoms with E-state index in [1.54, 1.807) is 6.92 Å². The predicted molar refractivity (Wildman–Crippen MR) is 163 cm³/mol. The molecule has 186 valence electrons. The van der Waals surface area contributed by atoms with Gasteiger partial charge in [-0.25, -0.2) is 0 Å².